The number of rotatable bonds is 4. The Balaban J connectivity index is 1.58. The third-order valence-corrected chi connectivity index (χ3v) is 4.20. The Hall–Kier alpha value is -1.26. The first-order valence-corrected chi connectivity index (χ1v) is 7.12. The number of hydrogen-bond donors (Lipinski definition) is 2. The maximum Gasteiger partial charge on any atom is 0.231 e. The number of nitrogens with one attached hydrogen (secondary N) is 1. The van der Waals surface area contributed by atoms with Crippen molar-refractivity contribution < 1.29 is 9.47 Å². The standard InChI is InChI=1S/C15H22N2O2/c1-10-7-14-15(19-9-18-14)8-11(10)5-6-17-13-4-2-3-12(13)16/h7-8,12-13,17H,2-6,9,16H2,1H3. The summed E-state index contributed by atoms with van der Waals surface area (Å²) in [5.41, 5.74) is 8.65. The summed E-state index contributed by atoms with van der Waals surface area (Å²) in [5, 5.41) is 3.58. The summed E-state index contributed by atoms with van der Waals surface area (Å²) < 4.78 is 10.8. The van der Waals surface area contributed by atoms with E-state index in [0.717, 1.165) is 30.9 Å². The molecule has 19 heavy (non-hydrogen) atoms. The Labute approximate surface area is 114 Å². The Kier molecular flexibility index (Phi) is 3.62. The molecule has 104 valence electrons. The monoisotopic (exact) mass is 262 g/mol. The number of fused-ring (bicyclic) bond motifs is 1. The molecule has 1 fully saturated rings. The molecule has 2 aliphatic rings. The van der Waals surface area contributed by atoms with E-state index in [-0.39, 0.29) is 0 Å². The molecular formula is C15H22N2O2. The molecule has 2 unspecified atom stereocenters. The summed E-state index contributed by atoms with van der Waals surface area (Å²) in [7, 11) is 0. The number of nitrogens with two attached hydrogens (primary N) is 1. The van der Waals surface area contributed by atoms with Crippen LogP contribution in [-0.2, 0) is 6.42 Å². The highest BCUT2D eigenvalue weighted by molar-refractivity contribution is 5.48. The molecular weight excluding hydrogens is 240 g/mol. The van der Waals surface area contributed by atoms with E-state index in [0.29, 0.717) is 18.9 Å². The van der Waals surface area contributed by atoms with Gasteiger partial charge in [-0.1, -0.05) is 6.42 Å². The molecule has 0 radical (unpaired) electrons. The van der Waals surface area contributed by atoms with E-state index >= 15 is 0 Å². The maximum absolute atomic E-state index is 6.06. The number of aryl methyl sites for hydroxylation is 1. The van der Waals surface area contributed by atoms with Gasteiger partial charge in [-0.25, -0.2) is 0 Å². The lowest BCUT2D eigenvalue weighted by molar-refractivity contribution is 0.174. The van der Waals surface area contributed by atoms with Crippen LogP contribution in [0.2, 0.25) is 0 Å². The van der Waals surface area contributed by atoms with Gasteiger partial charge in [0.15, 0.2) is 11.5 Å². The highest BCUT2D eigenvalue weighted by atomic mass is 16.7. The molecule has 0 aromatic heterocycles. The van der Waals surface area contributed by atoms with Gasteiger partial charge in [-0.05, 0) is 56.0 Å². The molecule has 0 saturated heterocycles. The van der Waals surface area contributed by atoms with Crippen molar-refractivity contribution in [2.45, 2.75) is 44.7 Å². The van der Waals surface area contributed by atoms with Gasteiger partial charge < -0.3 is 20.5 Å². The summed E-state index contributed by atoms with van der Waals surface area (Å²) in [6.07, 6.45) is 4.62. The SMILES string of the molecule is Cc1cc2c(cc1CCNC1CCCC1N)OCO2. The van der Waals surface area contributed by atoms with Gasteiger partial charge in [0.05, 0.1) is 0 Å². The van der Waals surface area contributed by atoms with E-state index < -0.39 is 0 Å². The molecule has 1 aromatic carbocycles. The highest BCUT2D eigenvalue weighted by Crippen LogP contribution is 2.34. The highest BCUT2D eigenvalue weighted by Gasteiger charge is 2.23. The summed E-state index contributed by atoms with van der Waals surface area (Å²) in [5.74, 6) is 1.74. The maximum atomic E-state index is 6.06. The van der Waals surface area contributed by atoms with Crippen LogP contribution in [0, 0.1) is 6.92 Å². The smallest absolute Gasteiger partial charge is 0.231 e. The van der Waals surface area contributed by atoms with E-state index in [1.54, 1.807) is 0 Å². The predicted octanol–water partition coefficient (Wildman–Crippen LogP) is 1.74. The molecule has 1 aliphatic heterocycles. The van der Waals surface area contributed by atoms with Crippen molar-refractivity contribution in [2.75, 3.05) is 13.3 Å². The van der Waals surface area contributed by atoms with Gasteiger partial charge in [0.2, 0.25) is 6.79 Å². The van der Waals surface area contributed by atoms with Crippen LogP contribution < -0.4 is 20.5 Å². The molecule has 1 saturated carbocycles. The lowest BCUT2D eigenvalue weighted by Gasteiger charge is -2.17. The van der Waals surface area contributed by atoms with Gasteiger partial charge in [-0.3, -0.25) is 0 Å². The molecule has 0 amide bonds. The van der Waals surface area contributed by atoms with E-state index in [2.05, 4.69) is 24.4 Å². The Morgan fingerprint density at radius 1 is 1.26 bits per heavy atom. The van der Waals surface area contributed by atoms with Crippen LogP contribution in [0.3, 0.4) is 0 Å². The molecule has 3 N–H and O–H groups in total. The van der Waals surface area contributed by atoms with E-state index in [1.807, 2.05) is 0 Å². The van der Waals surface area contributed by atoms with Crippen LogP contribution in [0.15, 0.2) is 12.1 Å². The fourth-order valence-corrected chi connectivity index (χ4v) is 2.99. The van der Waals surface area contributed by atoms with Crippen molar-refractivity contribution >= 4 is 0 Å². The Morgan fingerprint density at radius 3 is 2.79 bits per heavy atom. The predicted molar refractivity (Wildman–Crippen MR) is 74.6 cm³/mol. The molecule has 1 aromatic rings. The Morgan fingerprint density at radius 2 is 2.05 bits per heavy atom. The van der Waals surface area contributed by atoms with Crippen molar-refractivity contribution in [1.82, 2.24) is 5.32 Å². The molecule has 1 aliphatic carbocycles. The minimum Gasteiger partial charge on any atom is -0.454 e. The summed E-state index contributed by atoms with van der Waals surface area (Å²) in [6, 6.07) is 5.00. The second-order valence-corrected chi connectivity index (χ2v) is 5.54. The summed E-state index contributed by atoms with van der Waals surface area (Å²) in [4.78, 5) is 0. The molecule has 4 nitrogen and oxygen atoms in total. The van der Waals surface area contributed by atoms with Gasteiger partial charge in [0.1, 0.15) is 0 Å². The molecule has 0 spiro atoms. The average molecular weight is 262 g/mol. The van der Waals surface area contributed by atoms with Crippen LogP contribution >= 0.6 is 0 Å². The van der Waals surface area contributed by atoms with Crippen LogP contribution in [0.5, 0.6) is 11.5 Å². The fraction of sp³-hybridized carbons (Fsp3) is 0.600. The molecule has 3 rings (SSSR count). The largest absolute Gasteiger partial charge is 0.454 e. The molecule has 2 atom stereocenters. The van der Waals surface area contributed by atoms with E-state index in [1.165, 1.54) is 24.0 Å². The van der Waals surface area contributed by atoms with Crippen LogP contribution in [0.25, 0.3) is 0 Å². The summed E-state index contributed by atoms with van der Waals surface area (Å²) >= 11 is 0. The van der Waals surface area contributed by atoms with Crippen molar-refractivity contribution in [3.05, 3.63) is 23.3 Å². The van der Waals surface area contributed by atoms with E-state index in [4.69, 9.17) is 15.2 Å². The van der Waals surface area contributed by atoms with Crippen LogP contribution in [0.4, 0.5) is 0 Å². The first-order chi connectivity index (χ1) is 9.24. The normalized spacial score (nSPS) is 24.9. The third-order valence-electron chi connectivity index (χ3n) is 4.20. The zero-order valence-electron chi connectivity index (χ0n) is 11.4. The zero-order valence-corrected chi connectivity index (χ0v) is 11.4. The van der Waals surface area contributed by atoms with Crippen molar-refractivity contribution in [3.8, 4) is 11.5 Å². The molecule has 1 heterocycles. The second-order valence-electron chi connectivity index (χ2n) is 5.54. The Bertz CT molecular complexity index is 462. The average Bonchev–Trinajstić information content (AvgIpc) is 2.99. The minimum atomic E-state index is 0.331. The van der Waals surface area contributed by atoms with E-state index in [9.17, 15) is 0 Å². The van der Waals surface area contributed by atoms with Gasteiger partial charge in [-0.15, -0.1) is 0 Å². The summed E-state index contributed by atoms with van der Waals surface area (Å²) in [6.45, 7) is 3.44. The van der Waals surface area contributed by atoms with Crippen LogP contribution in [0.1, 0.15) is 30.4 Å². The first kappa shape index (κ1) is 12.8. The topological polar surface area (TPSA) is 56.5 Å². The third kappa shape index (κ3) is 2.69. The minimum absolute atomic E-state index is 0.331. The number of ether oxygens (including phenoxy) is 2. The second kappa shape index (κ2) is 5.39. The van der Waals surface area contributed by atoms with Gasteiger partial charge >= 0.3 is 0 Å². The lowest BCUT2D eigenvalue weighted by Crippen LogP contribution is -2.41. The van der Waals surface area contributed by atoms with Crippen molar-refractivity contribution in [3.63, 3.8) is 0 Å². The van der Waals surface area contributed by atoms with Gasteiger partial charge in [0.25, 0.3) is 0 Å². The number of benzene rings is 1. The zero-order chi connectivity index (χ0) is 13.2. The number of hydrogen-bond acceptors (Lipinski definition) is 4. The van der Waals surface area contributed by atoms with Gasteiger partial charge in [0, 0.05) is 12.1 Å². The van der Waals surface area contributed by atoms with Crippen LogP contribution in [-0.4, -0.2) is 25.4 Å². The van der Waals surface area contributed by atoms with Crippen molar-refractivity contribution in [1.29, 1.82) is 0 Å². The first-order valence-electron chi connectivity index (χ1n) is 7.12. The molecule has 4 heteroatoms. The molecule has 0 bridgehead atoms. The lowest BCUT2D eigenvalue weighted by atomic mass is 10.0. The quantitative estimate of drug-likeness (QED) is 0.867. The fourth-order valence-electron chi connectivity index (χ4n) is 2.99. The van der Waals surface area contributed by atoms with Crippen molar-refractivity contribution in [2.24, 2.45) is 5.73 Å². The van der Waals surface area contributed by atoms with Gasteiger partial charge in [-0.2, -0.15) is 0 Å².